The number of anilines is 2. The zero-order valence-corrected chi connectivity index (χ0v) is 11.7. The first-order valence-corrected chi connectivity index (χ1v) is 7.87. The Labute approximate surface area is 116 Å². The summed E-state index contributed by atoms with van der Waals surface area (Å²) in [6, 6.07) is 4.32. The van der Waals surface area contributed by atoms with Crippen LogP contribution >= 0.6 is 11.8 Å². The third-order valence-electron chi connectivity index (χ3n) is 3.81. The lowest BCUT2D eigenvalue weighted by Crippen LogP contribution is -2.27. The molecule has 3 N–H and O–H groups in total. The van der Waals surface area contributed by atoms with Crippen LogP contribution in [-0.4, -0.2) is 27.9 Å². The highest BCUT2D eigenvalue weighted by Gasteiger charge is 2.21. The summed E-state index contributed by atoms with van der Waals surface area (Å²) >= 11 is 1.98. The van der Waals surface area contributed by atoms with Crippen LogP contribution in [0, 0.1) is 0 Å². The van der Waals surface area contributed by atoms with E-state index in [4.69, 9.17) is 10.4 Å². The number of nitrogen functional groups attached to an aromatic ring is 1. The highest BCUT2D eigenvalue weighted by Crippen LogP contribution is 2.31. The number of benzene rings is 1. The second-order valence-electron chi connectivity index (χ2n) is 5.02. The van der Waals surface area contributed by atoms with Gasteiger partial charge in [0, 0.05) is 11.3 Å². The lowest BCUT2D eigenvalue weighted by atomic mass is 9.94. The van der Waals surface area contributed by atoms with Crippen LogP contribution in [0.1, 0.15) is 25.7 Å². The predicted octanol–water partition coefficient (Wildman–Crippen LogP) is 2.89. The SMILES string of the molecule is CSC1CCC(Nc2ccc(N)c3nonc23)CC1. The van der Waals surface area contributed by atoms with E-state index in [1.54, 1.807) is 0 Å². The first kappa shape index (κ1) is 12.6. The van der Waals surface area contributed by atoms with Gasteiger partial charge in [0.2, 0.25) is 0 Å². The fourth-order valence-corrected chi connectivity index (χ4v) is 3.41. The van der Waals surface area contributed by atoms with Gasteiger partial charge in [-0.25, -0.2) is 4.63 Å². The Morgan fingerprint density at radius 1 is 1.21 bits per heavy atom. The number of nitrogens with one attached hydrogen (secondary N) is 1. The molecular formula is C13H18N4OS. The molecule has 0 bridgehead atoms. The molecule has 1 fully saturated rings. The summed E-state index contributed by atoms with van der Waals surface area (Å²) in [7, 11) is 0. The number of aromatic nitrogens is 2. The Balaban J connectivity index is 1.75. The topological polar surface area (TPSA) is 77.0 Å². The molecule has 0 aliphatic heterocycles. The van der Waals surface area contributed by atoms with Crippen molar-refractivity contribution in [1.29, 1.82) is 0 Å². The molecule has 0 spiro atoms. The maximum atomic E-state index is 5.85. The number of thioether (sulfide) groups is 1. The first-order valence-electron chi connectivity index (χ1n) is 6.58. The van der Waals surface area contributed by atoms with Crippen molar-refractivity contribution < 1.29 is 4.63 Å². The monoisotopic (exact) mass is 278 g/mol. The fourth-order valence-electron chi connectivity index (χ4n) is 2.66. The molecule has 1 aliphatic carbocycles. The predicted molar refractivity (Wildman–Crippen MR) is 79.4 cm³/mol. The quantitative estimate of drug-likeness (QED) is 0.841. The van der Waals surface area contributed by atoms with Crippen molar-refractivity contribution in [2.45, 2.75) is 37.0 Å². The van der Waals surface area contributed by atoms with E-state index >= 15 is 0 Å². The molecule has 1 aromatic carbocycles. The van der Waals surface area contributed by atoms with Gasteiger partial charge in [0.05, 0.1) is 11.4 Å². The van der Waals surface area contributed by atoms with Gasteiger partial charge >= 0.3 is 0 Å². The zero-order valence-electron chi connectivity index (χ0n) is 10.9. The molecule has 1 saturated carbocycles. The largest absolute Gasteiger partial charge is 0.397 e. The molecule has 0 saturated heterocycles. The van der Waals surface area contributed by atoms with E-state index in [1.807, 2.05) is 23.9 Å². The van der Waals surface area contributed by atoms with Crippen molar-refractivity contribution in [2.24, 2.45) is 0 Å². The molecule has 0 amide bonds. The second-order valence-corrected chi connectivity index (χ2v) is 6.16. The van der Waals surface area contributed by atoms with Crippen LogP contribution in [0.2, 0.25) is 0 Å². The van der Waals surface area contributed by atoms with Gasteiger partial charge in [-0.3, -0.25) is 0 Å². The molecule has 1 aliphatic rings. The average molecular weight is 278 g/mol. The summed E-state index contributed by atoms with van der Waals surface area (Å²) < 4.78 is 4.79. The third-order valence-corrected chi connectivity index (χ3v) is 4.95. The van der Waals surface area contributed by atoms with Crippen molar-refractivity contribution in [3.63, 3.8) is 0 Å². The number of rotatable bonds is 3. The van der Waals surface area contributed by atoms with E-state index < -0.39 is 0 Å². The van der Waals surface area contributed by atoms with Crippen molar-refractivity contribution in [3.8, 4) is 0 Å². The molecule has 0 unspecified atom stereocenters. The summed E-state index contributed by atoms with van der Waals surface area (Å²) in [5.74, 6) is 0. The Kier molecular flexibility index (Phi) is 3.50. The number of hydrogen-bond acceptors (Lipinski definition) is 6. The van der Waals surface area contributed by atoms with E-state index in [0.29, 0.717) is 17.2 Å². The van der Waals surface area contributed by atoms with Crippen LogP contribution in [0.5, 0.6) is 0 Å². The van der Waals surface area contributed by atoms with Crippen LogP contribution in [0.4, 0.5) is 11.4 Å². The maximum Gasteiger partial charge on any atom is 0.160 e. The van der Waals surface area contributed by atoms with Crippen LogP contribution < -0.4 is 11.1 Å². The summed E-state index contributed by atoms with van der Waals surface area (Å²) in [4.78, 5) is 0. The molecule has 0 radical (unpaired) electrons. The van der Waals surface area contributed by atoms with Gasteiger partial charge in [0.25, 0.3) is 0 Å². The first-order chi connectivity index (χ1) is 9.28. The Bertz CT molecular complexity index is 563. The Hall–Kier alpha value is -1.43. The van der Waals surface area contributed by atoms with E-state index in [0.717, 1.165) is 16.5 Å². The van der Waals surface area contributed by atoms with Crippen molar-refractivity contribution >= 4 is 34.2 Å². The van der Waals surface area contributed by atoms with Crippen LogP contribution in [0.15, 0.2) is 16.8 Å². The van der Waals surface area contributed by atoms with Gasteiger partial charge in [-0.05, 0) is 54.4 Å². The molecule has 6 heteroatoms. The van der Waals surface area contributed by atoms with Gasteiger partial charge in [-0.1, -0.05) is 0 Å². The molecule has 1 heterocycles. The average Bonchev–Trinajstić information content (AvgIpc) is 2.93. The standard InChI is InChI=1S/C13H18N4OS/c1-19-9-4-2-8(3-5-9)15-11-7-6-10(14)12-13(11)17-18-16-12/h6-9,15H,2-5,14H2,1H3. The summed E-state index contributed by atoms with van der Waals surface area (Å²) in [5.41, 5.74) is 8.79. The van der Waals surface area contributed by atoms with Crippen molar-refractivity contribution in [1.82, 2.24) is 10.3 Å². The summed E-state index contributed by atoms with van der Waals surface area (Å²) in [6.45, 7) is 0. The molecule has 19 heavy (non-hydrogen) atoms. The lowest BCUT2D eigenvalue weighted by Gasteiger charge is -2.28. The summed E-state index contributed by atoms with van der Waals surface area (Å²) in [5, 5.41) is 12.2. The van der Waals surface area contributed by atoms with Gasteiger partial charge in [0.15, 0.2) is 11.0 Å². The minimum Gasteiger partial charge on any atom is -0.397 e. The fraction of sp³-hybridized carbons (Fsp3) is 0.538. The van der Waals surface area contributed by atoms with Gasteiger partial charge in [-0.2, -0.15) is 11.8 Å². The molecule has 5 nitrogen and oxygen atoms in total. The minimum atomic E-state index is 0.506. The maximum absolute atomic E-state index is 5.85. The van der Waals surface area contributed by atoms with Crippen molar-refractivity contribution in [3.05, 3.63) is 12.1 Å². The van der Waals surface area contributed by atoms with E-state index in [-0.39, 0.29) is 0 Å². The Morgan fingerprint density at radius 2 is 1.95 bits per heavy atom. The molecule has 102 valence electrons. The lowest BCUT2D eigenvalue weighted by molar-refractivity contribution is 0.315. The van der Waals surface area contributed by atoms with Gasteiger partial charge < -0.3 is 11.1 Å². The third kappa shape index (κ3) is 2.49. The van der Waals surface area contributed by atoms with E-state index in [1.165, 1.54) is 25.7 Å². The van der Waals surface area contributed by atoms with E-state index in [9.17, 15) is 0 Å². The second kappa shape index (κ2) is 5.28. The molecule has 0 atom stereocenters. The number of nitrogens with two attached hydrogens (primary N) is 1. The van der Waals surface area contributed by atoms with Crippen LogP contribution in [0.3, 0.4) is 0 Å². The minimum absolute atomic E-state index is 0.506. The van der Waals surface area contributed by atoms with Gasteiger partial charge in [0.1, 0.15) is 0 Å². The molecule has 2 aromatic rings. The van der Waals surface area contributed by atoms with Crippen molar-refractivity contribution in [2.75, 3.05) is 17.3 Å². The number of fused-ring (bicyclic) bond motifs is 1. The normalized spacial score (nSPS) is 23.6. The Morgan fingerprint density at radius 3 is 2.68 bits per heavy atom. The molecular weight excluding hydrogens is 260 g/mol. The zero-order chi connectivity index (χ0) is 13.2. The smallest absolute Gasteiger partial charge is 0.160 e. The van der Waals surface area contributed by atoms with E-state index in [2.05, 4.69) is 21.9 Å². The van der Waals surface area contributed by atoms with Crippen LogP contribution in [-0.2, 0) is 0 Å². The van der Waals surface area contributed by atoms with Crippen LogP contribution in [0.25, 0.3) is 11.0 Å². The highest BCUT2D eigenvalue weighted by molar-refractivity contribution is 7.99. The molecule has 1 aromatic heterocycles. The highest BCUT2D eigenvalue weighted by atomic mass is 32.2. The van der Waals surface area contributed by atoms with Gasteiger partial charge in [-0.15, -0.1) is 0 Å². The molecule has 3 rings (SSSR count). The number of nitrogens with zero attached hydrogens (tertiary/aromatic N) is 2. The summed E-state index contributed by atoms with van der Waals surface area (Å²) in [6.07, 6.45) is 7.14. The number of hydrogen-bond donors (Lipinski definition) is 2.